The molecule has 0 aliphatic carbocycles. The Balaban J connectivity index is 1.65. The zero-order chi connectivity index (χ0) is 10.5. The maximum Gasteiger partial charge on any atom is 0.137 e. The van der Waals surface area contributed by atoms with Gasteiger partial charge in [-0.25, -0.2) is 9.67 Å². The molecule has 1 aliphatic rings. The molecule has 0 saturated carbocycles. The Labute approximate surface area is 89.8 Å². The van der Waals surface area contributed by atoms with E-state index in [-0.39, 0.29) is 0 Å². The highest BCUT2D eigenvalue weighted by atomic mass is 16.5. The highest BCUT2D eigenvalue weighted by Gasteiger charge is 2.15. The summed E-state index contributed by atoms with van der Waals surface area (Å²) < 4.78 is 7.39. The van der Waals surface area contributed by atoms with E-state index in [1.165, 1.54) is 12.8 Å². The molecule has 1 aromatic rings. The first-order valence-electron chi connectivity index (χ1n) is 5.52. The first kappa shape index (κ1) is 10.6. The largest absolute Gasteiger partial charge is 0.377 e. The van der Waals surface area contributed by atoms with Gasteiger partial charge in [0.1, 0.15) is 12.7 Å². The normalized spacial score (nSPS) is 23.1. The molecule has 2 heterocycles. The summed E-state index contributed by atoms with van der Waals surface area (Å²) in [6.45, 7) is 4.89. The van der Waals surface area contributed by atoms with Crippen molar-refractivity contribution in [3.8, 4) is 0 Å². The predicted octanol–water partition coefficient (Wildman–Crippen LogP) is 0.608. The second-order valence-electron chi connectivity index (χ2n) is 4.02. The third-order valence-corrected chi connectivity index (χ3v) is 2.72. The summed E-state index contributed by atoms with van der Waals surface area (Å²) in [5.41, 5.74) is 0. The van der Waals surface area contributed by atoms with Crippen LogP contribution < -0.4 is 5.32 Å². The number of aromatic nitrogens is 3. The van der Waals surface area contributed by atoms with Gasteiger partial charge >= 0.3 is 0 Å². The third-order valence-electron chi connectivity index (χ3n) is 2.72. The summed E-state index contributed by atoms with van der Waals surface area (Å²) in [5.74, 6) is 0. The Kier molecular flexibility index (Phi) is 3.69. The van der Waals surface area contributed by atoms with Gasteiger partial charge in [0.15, 0.2) is 0 Å². The lowest BCUT2D eigenvalue weighted by molar-refractivity contribution is 0.109. The molecule has 1 aromatic heterocycles. The summed E-state index contributed by atoms with van der Waals surface area (Å²) in [6, 6.07) is 0.342. The van der Waals surface area contributed by atoms with E-state index in [1.807, 2.05) is 4.68 Å². The highest BCUT2D eigenvalue weighted by Crippen LogP contribution is 2.10. The van der Waals surface area contributed by atoms with E-state index in [1.54, 1.807) is 12.7 Å². The van der Waals surface area contributed by atoms with Gasteiger partial charge in [-0.1, -0.05) is 0 Å². The molecule has 2 unspecified atom stereocenters. The van der Waals surface area contributed by atoms with Crippen LogP contribution in [-0.2, 0) is 4.74 Å². The van der Waals surface area contributed by atoms with Crippen LogP contribution in [0.25, 0.3) is 0 Å². The van der Waals surface area contributed by atoms with Crippen molar-refractivity contribution in [1.29, 1.82) is 0 Å². The van der Waals surface area contributed by atoms with E-state index in [0.717, 1.165) is 19.7 Å². The van der Waals surface area contributed by atoms with Crippen molar-refractivity contribution >= 4 is 0 Å². The average molecular weight is 210 g/mol. The Bertz CT molecular complexity index is 269. The van der Waals surface area contributed by atoms with Gasteiger partial charge in [0.2, 0.25) is 0 Å². The molecule has 5 heteroatoms. The number of rotatable bonds is 5. The van der Waals surface area contributed by atoms with Gasteiger partial charge in [-0.3, -0.25) is 0 Å². The van der Waals surface area contributed by atoms with Gasteiger partial charge in [-0.15, -0.1) is 0 Å². The lowest BCUT2D eigenvalue weighted by atomic mass is 10.2. The minimum Gasteiger partial charge on any atom is -0.377 e. The molecule has 1 aliphatic heterocycles. The molecule has 15 heavy (non-hydrogen) atoms. The standard InChI is InChI=1S/C10H18N4O/c1-9(14-8-12-7-13-14)5-11-6-10-3-2-4-15-10/h7-11H,2-6H2,1H3. The van der Waals surface area contributed by atoms with Crippen molar-refractivity contribution in [2.24, 2.45) is 0 Å². The summed E-state index contributed by atoms with van der Waals surface area (Å²) in [5, 5.41) is 7.50. The van der Waals surface area contributed by atoms with Crippen LogP contribution in [0.3, 0.4) is 0 Å². The molecule has 0 amide bonds. The van der Waals surface area contributed by atoms with Crippen LogP contribution in [0.15, 0.2) is 12.7 Å². The minimum atomic E-state index is 0.342. The quantitative estimate of drug-likeness (QED) is 0.773. The maximum absolute atomic E-state index is 5.53. The average Bonchev–Trinajstić information content (AvgIpc) is 2.90. The van der Waals surface area contributed by atoms with Crippen LogP contribution in [0.4, 0.5) is 0 Å². The monoisotopic (exact) mass is 210 g/mol. The smallest absolute Gasteiger partial charge is 0.137 e. The number of ether oxygens (including phenoxy) is 1. The fraction of sp³-hybridized carbons (Fsp3) is 0.800. The van der Waals surface area contributed by atoms with E-state index < -0.39 is 0 Å². The summed E-state index contributed by atoms with van der Waals surface area (Å²) in [7, 11) is 0. The van der Waals surface area contributed by atoms with Gasteiger partial charge in [-0.05, 0) is 19.8 Å². The molecule has 0 aromatic carbocycles. The molecule has 0 radical (unpaired) electrons. The molecule has 5 nitrogen and oxygen atoms in total. The van der Waals surface area contributed by atoms with Crippen molar-refractivity contribution in [3.05, 3.63) is 12.7 Å². The molecular weight excluding hydrogens is 192 g/mol. The topological polar surface area (TPSA) is 52.0 Å². The predicted molar refractivity (Wildman–Crippen MR) is 56.6 cm³/mol. The number of hydrogen-bond acceptors (Lipinski definition) is 4. The lowest BCUT2D eigenvalue weighted by Gasteiger charge is -2.15. The molecular formula is C10H18N4O. The van der Waals surface area contributed by atoms with Crippen LogP contribution in [0, 0.1) is 0 Å². The van der Waals surface area contributed by atoms with Gasteiger partial charge in [0.05, 0.1) is 12.1 Å². The number of nitrogens with one attached hydrogen (secondary N) is 1. The van der Waals surface area contributed by atoms with Crippen molar-refractivity contribution in [3.63, 3.8) is 0 Å². The van der Waals surface area contributed by atoms with Gasteiger partial charge in [0, 0.05) is 19.7 Å². The van der Waals surface area contributed by atoms with E-state index in [9.17, 15) is 0 Å². The summed E-state index contributed by atoms with van der Waals surface area (Å²) >= 11 is 0. The SMILES string of the molecule is CC(CNCC1CCCO1)n1cncn1. The van der Waals surface area contributed by atoms with E-state index in [2.05, 4.69) is 22.3 Å². The van der Waals surface area contributed by atoms with Gasteiger partial charge < -0.3 is 10.1 Å². The van der Waals surface area contributed by atoms with Gasteiger partial charge in [0.25, 0.3) is 0 Å². The zero-order valence-electron chi connectivity index (χ0n) is 9.09. The van der Waals surface area contributed by atoms with Gasteiger partial charge in [-0.2, -0.15) is 5.10 Å². The van der Waals surface area contributed by atoms with Crippen LogP contribution >= 0.6 is 0 Å². The molecule has 84 valence electrons. The molecule has 0 spiro atoms. The van der Waals surface area contributed by atoms with Crippen LogP contribution in [-0.4, -0.2) is 40.6 Å². The Morgan fingerprint density at radius 1 is 1.67 bits per heavy atom. The van der Waals surface area contributed by atoms with Crippen molar-refractivity contribution < 1.29 is 4.74 Å². The Morgan fingerprint density at radius 3 is 3.27 bits per heavy atom. The zero-order valence-corrected chi connectivity index (χ0v) is 9.09. The van der Waals surface area contributed by atoms with E-state index >= 15 is 0 Å². The number of nitrogens with zero attached hydrogens (tertiary/aromatic N) is 3. The summed E-state index contributed by atoms with van der Waals surface area (Å²) in [6.07, 6.45) is 6.11. The first-order chi connectivity index (χ1) is 7.36. The molecule has 2 rings (SSSR count). The van der Waals surface area contributed by atoms with Crippen molar-refractivity contribution in [2.75, 3.05) is 19.7 Å². The molecule has 1 saturated heterocycles. The molecule has 0 bridgehead atoms. The second kappa shape index (κ2) is 5.23. The molecule has 2 atom stereocenters. The fourth-order valence-electron chi connectivity index (χ4n) is 1.80. The van der Waals surface area contributed by atoms with Crippen LogP contribution in [0.5, 0.6) is 0 Å². The van der Waals surface area contributed by atoms with Crippen molar-refractivity contribution in [2.45, 2.75) is 31.9 Å². The maximum atomic E-state index is 5.53. The molecule has 1 fully saturated rings. The fourth-order valence-corrected chi connectivity index (χ4v) is 1.80. The highest BCUT2D eigenvalue weighted by molar-refractivity contribution is 4.71. The summed E-state index contributed by atoms with van der Waals surface area (Å²) in [4.78, 5) is 3.93. The number of hydrogen-bond donors (Lipinski definition) is 1. The minimum absolute atomic E-state index is 0.342. The Morgan fingerprint density at radius 2 is 2.60 bits per heavy atom. The van der Waals surface area contributed by atoms with Crippen LogP contribution in [0.1, 0.15) is 25.8 Å². The van der Waals surface area contributed by atoms with E-state index in [4.69, 9.17) is 4.74 Å². The molecule has 1 N–H and O–H groups in total. The lowest BCUT2D eigenvalue weighted by Crippen LogP contribution is -2.31. The first-order valence-corrected chi connectivity index (χ1v) is 5.52. The van der Waals surface area contributed by atoms with Crippen LogP contribution in [0.2, 0.25) is 0 Å². The van der Waals surface area contributed by atoms with Crippen molar-refractivity contribution in [1.82, 2.24) is 20.1 Å². The second-order valence-corrected chi connectivity index (χ2v) is 4.02. The van der Waals surface area contributed by atoms with E-state index in [0.29, 0.717) is 12.1 Å². The third kappa shape index (κ3) is 3.00. The Hall–Kier alpha value is -0.940.